The fraction of sp³-hybridized carbons (Fsp3) is 0.600. The van der Waals surface area contributed by atoms with Crippen LogP contribution in [0, 0.1) is 5.92 Å². The van der Waals surface area contributed by atoms with E-state index in [2.05, 4.69) is 29.2 Å². The van der Waals surface area contributed by atoms with Crippen molar-refractivity contribution >= 4 is 0 Å². The number of nitrogens with two attached hydrogens (primary N) is 1. The second-order valence-corrected chi connectivity index (χ2v) is 5.39. The zero-order chi connectivity index (χ0) is 13.7. The van der Waals surface area contributed by atoms with Crippen LogP contribution in [0.25, 0.3) is 0 Å². The predicted molar refractivity (Wildman–Crippen MR) is 75.7 cm³/mol. The first kappa shape index (κ1) is 14.5. The molecule has 0 bridgehead atoms. The van der Waals surface area contributed by atoms with E-state index in [1.807, 2.05) is 0 Å². The summed E-state index contributed by atoms with van der Waals surface area (Å²) < 4.78 is 0. The van der Waals surface area contributed by atoms with E-state index in [1.165, 1.54) is 11.1 Å². The molecule has 1 saturated heterocycles. The molecule has 0 spiro atoms. The van der Waals surface area contributed by atoms with E-state index in [-0.39, 0.29) is 18.6 Å². The first-order valence-electron chi connectivity index (χ1n) is 7.02. The maximum absolute atomic E-state index is 9.75. The highest BCUT2D eigenvalue weighted by Gasteiger charge is 2.26. The number of nitrogens with zero attached hydrogens (tertiary/aromatic N) is 1. The summed E-state index contributed by atoms with van der Waals surface area (Å²) in [6, 6.07) is 8.54. The summed E-state index contributed by atoms with van der Waals surface area (Å²) >= 11 is 0. The number of hydrogen-bond donors (Lipinski definition) is 3. The largest absolute Gasteiger partial charge is 0.396 e. The van der Waals surface area contributed by atoms with E-state index in [9.17, 15) is 10.2 Å². The van der Waals surface area contributed by atoms with Gasteiger partial charge in [-0.05, 0) is 30.5 Å². The number of aliphatic hydroxyl groups excluding tert-OH is 2. The van der Waals surface area contributed by atoms with Gasteiger partial charge in [-0.25, -0.2) is 0 Å². The highest BCUT2D eigenvalue weighted by Crippen LogP contribution is 2.19. The van der Waals surface area contributed by atoms with Gasteiger partial charge in [-0.2, -0.15) is 0 Å². The molecule has 0 radical (unpaired) electrons. The van der Waals surface area contributed by atoms with E-state index < -0.39 is 0 Å². The van der Waals surface area contributed by atoms with Crippen molar-refractivity contribution in [1.29, 1.82) is 0 Å². The van der Waals surface area contributed by atoms with Crippen LogP contribution in [-0.4, -0.2) is 47.5 Å². The molecule has 0 saturated carbocycles. The van der Waals surface area contributed by atoms with Crippen LogP contribution in [0.1, 0.15) is 17.5 Å². The van der Waals surface area contributed by atoms with Gasteiger partial charge in [-0.1, -0.05) is 24.3 Å². The van der Waals surface area contributed by atoms with Crippen molar-refractivity contribution in [3.8, 4) is 0 Å². The molecule has 2 atom stereocenters. The van der Waals surface area contributed by atoms with Gasteiger partial charge in [0.2, 0.25) is 0 Å². The Hall–Kier alpha value is -0.940. The molecule has 1 fully saturated rings. The minimum atomic E-state index is -0.354. The molecule has 1 heterocycles. The zero-order valence-electron chi connectivity index (χ0n) is 11.3. The second kappa shape index (κ2) is 7.01. The average Bonchev–Trinajstić information content (AvgIpc) is 2.43. The number of rotatable bonds is 5. The highest BCUT2D eigenvalue weighted by molar-refractivity contribution is 5.22. The van der Waals surface area contributed by atoms with Crippen LogP contribution >= 0.6 is 0 Å². The summed E-state index contributed by atoms with van der Waals surface area (Å²) in [5, 5.41) is 19.0. The lowest BCUT2D eigenvalue weighted by molar-refractivity contribution is -0.00200. The first-order valence-corrected chi connectivity index (χ1v) is 7.02. The molecule has 0 unspecified atom stereocenters. The van der Waals surface area contributed by atoms with Gasteiger partial charge in [0.1, 0.15) is 0 Å². The summed E-state index contributed by atoms with van der Waals surface area (Å²) in [4.78, 5) is 2.30. The Labute approximate surface area is 114 Å². The van der Waals surface area contributed by atoms with Crippen LogP contribution in [-0.2, 0) is 13.0 Å². The van der Waals surface area contributed by atoms with Gasteiger partial charge < -0.3 is 15.9 Å². The van der Waals surface area contributed by atoms with E-state index in [0.29, 0.717) is 6.54 Å². The summed E-state index contributed by atoms with van der Waals surface area (Å²) in [5.41, 5.74) is 8.08. The summed E-state index contributed by atoms with van der Waals surface area (Å²) in [6.45, 7) is 3.28. The molecule has 0 aromatic heterocycles. The van der Waals surface area contributed by atoms with Gasteiger partial charge >= 0.3 is 0 Å². The summed E-state index contributed by atoms with van der Waals surface area (Å²) in [5.74, 6) is -0.00902. The molecule has 0 amide bonds. The predicted octanol–water partition coefficient (Wildman–Crippen LogP) is 0.363. The minimum Gasteiger partial charge on any atom is -0.396 e. The van der Waals surface area contributed by atoms with Gasteiger partial charge in [0.05, 0.1) is 6.10 Å². The molecular weight excluding hydrogens is 240 g/mol. The molecule has 2 rings (SSSR count). The van der Waals surface area contributed by atoms with Gasteiger partial charge in [0, 0.05) is 32.2 Å². The number of aliphatic hydroxyl groups is 2. The van der Waals surface area contributed by atoms with Gasteiger partial charge in [-0.3, -0.25) is 4.90 Å². The van der Waals surface area contributed by atoms with Crippen molar-refractivity contribution in [2.45, 2.75) is 25.5 Å². The lowest BCUT2D eigenvalue weighted by Gasteiger charge is -2.35. The Morgan fingerprint density at radius 3 is 2.53 bits per heavy atom. The minimum absolute atomic E-state index is 0.00902. The molecule has 1 aliphatic rings. The third-order valence-corrected chi connectivity index (χ3v) is 3.87. The summed E-state index contributed by atoms with van der Waals surface area (Å²) in [7, 11) is 0. The Kier molecular flexibility index (Phi) is 5.34. The lowest BCUT2D eigenvalue weighted by Crippen LogP contribution is -2.44. The van der Waals surface area contributed by atoms with Gasteiger partial charge in [-0.15, -0.1) is 0 Å². The van der Waals surface area contributed by atoms with Crippen LogP contribution in [0.5, 0.6) is 0 Å². The van der Waals surface area contributed by atoms with Crippen LogP contribution < -0.4 is 5.73 Å². The quantitative estimate of drug-likeness (QED) is 0.718. The molecule has 106 valence electrons. The number of piperidine rings is 1. The fourth-order valence-electron chi connectivity index (χ4n) is 2.65. The van der Waals surface area contributed by atoms with Gasteiger partial charge in [0.25, 0.3) is 0 Å². The SMILES string of the molecule is NCCc1ccc(CN2CC[C@@H](O)[C@@H](CO)C2)cc1. The smallest absolute Gasteiger partial charge is 0.0614 e. The van der Waals surface area contributed by atoms with E-state index >= 15 is 0 Å². The number of likely N-dealkylation sites (tertiary alicyclic amines) is 1. The highest BCUT2D eigenvalue weighted by atomic mass is 16.3. The number of benzene rings is 1. The Morgan fingerprint density at radius 2 is 1.89 bits per heavy atom. The van der Waals surface area contributed by atoms with E-state index in [0.717, 1.165) is 32.5 Å². The normalized spacial score (nSPS) is 24.6. The lowest BCUT2D eigenvalue weighted by atomic mass is 9.95. The van der Waals surface area contributed by atoms with Crippen LogP contribution in [0.15, 0.2) is 24.3 Å². The second-order valence-electron chi connectivity index (χ2n) is 5.39. The maximum Gasteiger partial charge on any atom is 0.0614 e. The van der Waals surface area contributed by atoms with Crippen LogP contribution in [0.2, 0.25) is 0 Å². The Morgan fingerprint density at radius 1 is 1.21 bits per heavy atom. The van der Waals surface area contributed by atoms with Crippen molar-refractivity contribution < 1.29 is 10.2 Å². The molecule has 4 N–H and O–H groups in total. The monoisotopic (exact) mass is 264 g/mol. The van der Waals surface area contributed by atoms with E-state index in [4.69, 9.17) is 5.73 Å². The molecule has 1 aliphatic heterocycles. The molecule has 4 nitrogen and oxygen atoms in total. The van der Waals surface area contributed by atoms with Crippen molar-refractivity contribution in [2.24, 2.45) is 11.7 Å². The Balaban J connectivity index is 1.90. The molecular formula is C15H24N2O2. The van der Waals surface area contributed by atoms with Crippen molar-refractivity contribution in [3.05, 3.63) is 35.4 Å². The van der Waals surface area contributed by atoms with Crippen molar-refractivity contribution in [3.63, 3.8) is 0 Å². The zero-order valence-corrected chi connectivity index (χ0v) is 11.3. The first-order chi connectivity index (χ1) is 9.22. The van der Waals surface area contributed by atoms with Gasteiger partial charge in [0.15, 0.2) is 0 Å². The van der Waals surface area contributed by atoms with Crippen molar-refractivity contribution in [1.82, 2.24) is 4.90 Å². The van der Waals surface area contributed by atoms with E-state index in [1.54, 1.807) is 0 Å². The summed E-state index contributed by atoms with van der Waals surface area (Å²) in [6.07, 6.45) is 1.31. The fourth-order valence-corrected chi connectivity index (χ4v) is 2.65. The third-order valence-electron chi connectivity index (χ3n) is 3.87. The van der Waals surface area contributed by atoms with Crippen LogP contribution in [0.3, 0.4) is 0 Å². The number of hydrogen-bond acceptors (Lipinski definition) is 4. The molecule has 4 heteroatoms. The topological polar surface area (TPSA) is 69.7 Å². The Bertz CT molecular complexity index is 380. The van der Waals surface area contributed by atoms with Crippen molar-refractivity contribution in [2.75, 3.05) is 26.2 Å². The third kappa shape index (κ3) is 4.01. The standard InChI is InChI=1S/C15H24N2O2/c16-7-5-12-1-3-13(4-2-12)9-17-8-6-15(19)14(10-17)11-18/h1-4,14-15,18-19H,5-11,16H2/t14-,15-/m1/s1. The molecule has 0 aliphatic carbocycles. The molecule has 1 aromatic carbocycles. The maximum atomic E-state index is 9.75. The average molecular weight is 264 g/mol. The molecule has 19 heavy (non-hydrogen) atoms. The molecule has 1 aromatic rings. The van der Waals surface area contributed by atoms with Crippen LogP contribution in [0.4, 0.5) is 0 Å².